The van der Waals surface area contributed by atoms with Gasteiger partial charge in [-0.15, -0.1) is 0 Å². The van der Waals surface area contributed by atoms with Gasteiger partial charge in [0.15, 0.2) is 0 Å². The Balaban J connectivity index is 2.20. The largest absolute Gasteiger partial charge is 0.354 e. The molecule has 0 spiro atoms. The van der Waals surface area contributed by atoms with Crippen molar-refractivity contribution in [3.05, 3.63) is 60.2 Å². The van der Waals surface area contributed by atoms with Gasteiger partial charge in [0.1, 0.15) is 0 Å². The fourth-order valence-corrected chi connectivity index (χ4v) is 2.43. The zero-order chi connectivity index (χ0) is 13.9. The number of nitrogens with one attached hydrogen (secondary N) is 2. The number of amides is 1. The molecule has 1 heterocycles. The lowest BCUT2D eigenvalue weighted by Gasteiger charge is -2.04. The maximum atomic E-state index is 11.5. The Labute approximate surface area is 116 Å². The van der Waals surface area contributed by atoms with Crippen LogP contribution in [0, 0.1) is 0 Å². The molecule has 1 aromatic heterocycles. The molecule has 3 N–H and O–H groups in total. The lowest BCUT2D eigenvalue weighted by molar-refractivity contribution is -0.128. The van der Waals surface area contributed by atoms with Gasteiger partial charge in [-0.3, -0.25) is 10.0 Å². The predicted octanol–water partition coefficient (Wildman–Crippen LogP) is 2.88. The number of carbonyl (C=O) groups excluding carboxylic acids is 1. The molecule has 4 heteroatoms. The van der Waals surface area contributed by atoms with E-state index in [9.17, 15) is 4.79 Å². The van der Waals surface area contributed by atoms with E-state index in [0.717, 1.165) is 27.7 Å². The van der Waals surface area contributed by atoms with Crippen molar-refractivity contribution in [2.75, 3.05) is 0 Å². The van der Waals surface area contributed by atoms with Crippen LogP contribution < -0.4 is 5.48 Å². The Hall–Kier alpha value is -2.59. The first-order valence-corrected chi connectivity index (χ1v) is 6.37. The topological polar surface area (TPSA) is 65.1 Å². The summed E-state index contributed by atoms with van der Waals surface area (Å²) in [7, 11) is 0. The van der Waals surface area contributed by atoms with Gasteiger partial charge in [-0.25, -0.2) is 5.48 Å². The third kappa shape index (κ3) is 2.17. The highest BCUT2D eigenvalue weighted by molar-refractivity contribution is 5.94. The van der Waals surface area contributed by atoms with Crippen molar-refractivity contribution >= 4 is 16.8 Å². The zero-order valence-corrected chi connectivity index (χ0v) is 10.8. The average molecular weight is 266 g/mol. The first kappa shape index (κ1) is 12.4. The molecule has 0 saturated carbocycles. The summed E-state index contributed by atoms with van der Waals surface area (Å²) in [5, 5.41) is 9.75. The first-order valence-electron chi connectivity index (χ1n) is 6.37. The molecule has 0 saturated heterocycles. The van der Waals surface area contributed by atoms with E-state index < -0.39 is 5.91 Å². The number of rotatable bonds is 3. The molecular formula is C16H14N2O2. The van der Waals surface area contributed by atoms with E-state index in [4.69, 9.17) is 5.21 Å². The summed E-state index contributed by atoms with van der Waals surface area (Å²) in [6.45, 7) is 0. The van der Waals surface area contributed by atoms with Gasteiger partial charge in [0, 0.05) is 10.9 Å². The lowest BCUT2D eigenvalue weighted by Crippen LogP contribution is -2.20. The number of aromatic amines is 1. The maximum Gasteiger partial charge on any atom is 0.247 e. The highest BCUT2D eigenvalue weighted by atomic mass is 16.5. The van der Waals surface area contributed by atoms with E-state index in [1.54, 1.807) is 5.48 Å². The van der Waals surface area contributed by atoms with Crippen molar-refractivity contribution in [3.63, 3.8) is 0 Å². The Morgan fingerprint density at radius 1 is 1.05 bits per heavy atom. The summed E-state index contributed by atoms with van der Waals surface area (Å²) in [4.78, 5) is 14.9. The number of para-hydroxylation sites is 1. The number of hydroxylamine groups is 1. The van der Waals surface area contributed by atoms with E-state index >= 15 is 0 Å². The van der Waals surface area contributed by atoms with Crippen molar-refractivity contribution in [2.24, 2.45) is 0 Å². The molecule has 0 aliphatic carbocycles. The highest BCUT2D eigenvalue weighted by Crippen LogP contribution is 2.30. The van der Waals surface area contributed by atoms with Gasteiger partial charge in [-0.05, 0) is 17.2 Å². The van der Waals surface area contributed by atoms with Gasteiger partial charge in [-0.2, -0.15) is 0 Å². The number of hydrogen-bond donors (Lipinski definition) is 3. The Morgan fingerprint density at radius 3 is 2.50 bits per heavy atom. The molecule has 3 rings (SSSR count). The molecule has 4 nitrogen and oxygen atoms in total. The molecule has 0 aliphatic heterocycles. The summed E-state index contributed by atoms with van der Waals surface area (Å²) < 4.78 is 0. The summed E-state index contributed by atoms with van der Waals surface area (Å²) in [5.41, 5.74) is 5.49. The quantitative estimate of drug-likeness (QED) is 0.504. The minimum Gasteiger partial charge on any atom is -0.354 e. The van der Waals surface area contributed by atoms with Crippen LogP contribution >= 0.6 is 0 Å². The van der Waals surface area contributed by atoms with Crippen LogP contribution in [0.3, 0.4) is 0 Å². The molecular weight excluding hydrogens is 252 g/mol. The molecule has 0 radical (unpaired) electrons. The van der Waals surface area contributed by atoms with Crippen molar-refractivity contribution in [1.29, 1.82) is 0 Å². The molecule has 0 unspecified atom stereocenters. The lowest BCUT2D eigenvalue weighted by atomic mass is 10.0. The Kier molecular flexibility index (Phi) is 3.23. The van der Waals surface area contributed by atoms with E-state index in [1.807, 2.05) is 54.6 Å². The van der Waals surface area contributed by atoms with Crippen LogP contribution in [0.15, 0.2) is 54.6 Å². The molecule has 0 fully saturated rings. The summed E-state index contributed by atoms with van der Waals surface area (Å²) in [6, 6.07) is 17.7. The molecule has 1 amide bonds. The van der Waals surface area contributed by atoms with E-state index in [0.29, 0.717) is 0 Å². The molecule has 100 valence electrons. The summed E-state index contributed by atoms with van der Waals surface area (Å²) in [6.07, 6.45) is 0.130. The van der Waals surface area contributed by atoms with Gasteiger partial charge in [0.2, 0.25) is 5.91 Å². The standard InChI is InChI=1S/C16H14N2O2/c19-15(18-20)10-13-12-8-4-5-9-14(12)17-16(13)11-6-2-1-3-7-11/h1-9,17,20H,10H2,(H,18,19). The molecule has 3 aromatic rings. The summed E-state index contributed by atoms with van der Waals surface area (Å²) in [5.74, 6) is -0.424. The van der Waals surface area contributed by atoms with E-state index in [-0.39, 0.29) is 6.42 Å². The number of carbonyl (C=O) groups is 1. The van der Waals surface area contributed by atoms with Crippen LogP contribution in [0.5, 0.6) is 0 Å². The molecule has 2 aromatic carbocycles. The van der Waals surface area contributed by atoms with Gasteiger partial charge in [0.25, 0.3) is 0 Å². The monoisotopic (exact) mass is 266 g/mol. The number of H-pyrrole nitrogens is 1. The second kappa shape index (κ2) is 5.19. The second-order valence-electron chi connectivity index (χ2n) is 4.60. The van der Waals surface area contributed by atoms with E-state index in [1.165, 1.54) is 0 Å². The Morgan fingerprint density at radius 2 is 1.75 bits per heavy atom. The van der Waals surface area contributed by atoms with Gasteiger partial charge >= 0.3 is 0 Å². The number of hydrogen-bond acceptors (Lipinski definition) is 2. The molecule has 0 aliphatic rings. The van der Waals surface area contributed by atoms with Crippen LogP contribution in [0.25, 0.3) is 22.2 Å². The molecule has 20 heavy (non-hydrogen) atoms. The van der Waals surface area contributed by atoms with Crippen molar-refractivity contribution in [3.8, 4) is 11.3 Å². The normalized spacial score (nSPS) is 10.7. The fraction of sp³-hybridized carbons (Fsp3) is 0.0625. The third-order valence-electron chi connectivity index (χ3n) is 3.34. The van der Waals surface area contributed by atoms with Crippen molar-refractivity contribution < 1.29 is 10.0 Å². The molecule has 0 atom stereocenters. The Bertz CT molecular complexity index is 748. The fourth-order valence-electron chi connectivity index (χ4n) is 2.43. The minimum absolute atomic E-state index is 0.130. The predicted molar refractivity (Wildman–Crippen MR) is 77.4 cm³/mol. The average Bonchev–Trinajstić information content (AvgIpc) is 2.87. The summed E-state index contributed by atoms with van der Waals surface area (Å²) >= 11 is 0. The second-order valence-corrected chi connectivity index (χ2v) is 4.60. The van der Waals surface area contributed by atoms with Gasteiger partial charge in [-0.1, -0.05) is 48.5 Å². The van der Waals surface area contributed by atoms with Crippen LogP contribution in [-0.4, -0.2) is 16.1 Å². The minimum atomic E-state index is -0.424. The molecule has 0 bridgehead atoms. The zero-order valence-electron chi connectivity index (χ0n) is 10.8. The smallest absolute Gasteiger partial charge is 0.247 e. The number of aromatic nitrogens is 1. The van der Waals surface area contributed by atoms with Crippen molar-refractivity contribution in [2.45, 2.75) is 6.42 Å². The SMILES string of the molecule is O=C(Cc1c(-c2ccccc2)[nH]c2ccccc12)NO. The van der Waals surface area contributed by atoms with Crippen LogP contribution in [-0.2, 0) is 11.2 Å². The van der Waals surface area contributed by atoms with Crippen molar-refractivity contribution in [1.82, 2.24) is 10.5 Å². The van der Waals surface area contributed by atoms with Crippen LogP contribution in [0.1, 0.15) is 5.56 Å². The van der Waals surface area contributed by atoms with Crippen LogP contribution in [0.2, 0.25) is 0 Å². The number of benzene rings is 2. The third-order valence-corrected chi connectivity index (χ3v) is 3.34. The number of fused-ring (bicyclic) bond motifs is 1. The maximum absolute atomic E-state index is 11.5. The van der Waals surface area contributed by atoms with E-state index in [2.05, 4.69) is 4.98 Å². The first-order chi connectivity index (χ1) is 9.79. The highest BCUT2D eigenvalue weighted by Gasteiger charge is 2.15. The van der Waals surface area contributed by atoms with Gasteiger partial charge in [0.05, 0.1) is 12.1 Å². The van der Waals surface area contributed by atoms with Crippen LogP contribution in [0.4, 0.5) is 0 Å². The van der Waals surface area contributed by atoms with Gasteiger partial charge < -0.3 is 4.98 Å².